The van der Waals surface area contributed by atoms with Gasteiger partial charge in [0, 0.05) is 30.9 Å². The van der Waals surface area contributed by atoms with Crippen LogP contribution >= 0.6 is 0 Å². The van der Waals surface area contributed by atoms with E-state index in [1.54, 1.807) is 6.08 Å². The molecule has 144 valence electrons. The Balaban J connectivity index is 1.30. The van der Waals surface area contributed by atoms with Gasteiger partial charge in [0.15, 0.2) is 0 Å². The lowest BCUT2D eigenvalue weighted by Gasteiger charge is -2.02. The number of hydrogen-bond acceptors (Lipinski definition) is 2. The third kappa shape index (κ3) is 4.61. The summed E-state index contributed by atoms with van der Waals surface area (Å²) in [7, 11) is 0. The third-order valence-corrected chi connectivity index (χ3v) is 4.87. The van der Waals surface area contributed by atoms with Gasteiger partial charge in [0.1, 0.15) is 5.65 Å². The molecule has 0 bridgehead atoms. The van der Waals surface area contributed by atoms with Crippen molar-refractivity contribution in [2.75, 3.05) is 6.54 Å². The molecular weight excluding hydrogens is 358 g/mol. The normalized spacial score (nSPS) is 11.2. The minimum absolute atomic E-state index is 0.0999. The molecule has 2 heterocycles. The molecule has 4 aromatic rings. The number of hydrogen-bond donors (Lipinski definition) is 1. The Labute approximate surface area is 170 Å². The van der Waals surface area contributed by atoms with E-state index < -0.39 is 0 Å². The number of carbonyl (C=O) groups is 1. The Bertz CT molecular complexity index is 1140. The van der Waals surface area contributed by atoms with Crippen LogP contribution in [0.5, 0.6) is 0 Å². The van der Waals surface area contributed by atoms with E-state index in [1.165, 1.54) is 5.56 Å². The van der Waals surface area contributed by atoms with Crippen LogP contribution in [-0.4, -0.2) is 21.8 Å². The monoisotopic (exact) mass is 381 g/mol. The fraction of sp³-hybridized carbons (Fsp3) is 0.120. The number of aromatic nitrogens is 2. The minimum Gasteiger partial charge on any atom is -0.352 e. The maximum atomic E-state index is 12.1. The number of pyridine rings is 1. The van der Waals surface area contributed by atoms with Crippen molar-refractivity contribution in [1.82, 2.24) is 14.7 Å². The first kappa shape index (κ1) is 18.7. The Morgan fingerprint density at radius 2 is 1.72 bits per heavy atom. The molecule has 2 aromatic carbocycles. The van der Waals surface area contributed by atoms with Crippen LogP contribution in [0.4, 0.5) is 0 Å². The molecule has 0 saturated carbocycles. The van der Waals surface area contributed by atoms with Crippen LogP contribution in [-0.2, 0) is 11.2 Å². The number of nitrogens with zero attached hydrogens (tertiary/aromatic N) is 2. The summed E-state index contributed by atoms with van der Waals surface area (Å²) in [5, 5.41) is 2.92. The highest BCUT2D eigenvalue weighted by Gasteiger charge is 2.04. The zero-order valence-electron chi connectivity index (χ0n) is 16.4. The molecule has 2 aromatic heterocycles. The van der Waals surface area contributed by atoms with Crippen LogP contribution in [0, 0.1) is 6.92 Å². The Morgan fingerprint density at radius 1 is 0.966 bits per heavy atom. The Hall–Kier alpha value is -3.66. The molecule has 0 fully saturated rings. The summed E-state index contributed by atoms with van der Waals surface area (Å²) in [5.74, 6) is -0.0999. The fourth-order valence-electron chi connectivity index (χ4n) is 3.28. The molecule has 4 heteroatoms. The number of nitrogens with one attached hydrogen (secondary N) is 1. The summed E-state index contributed by atoms with van der Waals surface area (Å²) in [6.07, 6.45) is 6.14. The van der Waals surface area contributed by atoms with Gasteiger partial charge >= 0.3 is 0 Å². The number of carbonyl (C=O) groups excluding carboxylic acids is 1. The summed E-state index contributed by atoms with van der Waals surface area (Å²) in [6, 6.07) is 24.5. The maximum absolute atomic E-state index is 12.1. The zero-order valence-corrected chi connectivity index (χ0v) is 16.4. The van der Waals surface area contributed by atoms with E-state index in [0.717, 1.165) is 28.2 Å². The van der Waals surface area contributed by atoms with E-state index in [9.17, 15) is 4.79 Å². The Kier molecular flexibility index (Phi) is 5.52. The van der Waals surface area contributed by atoms with Crippen molar-refractivity contribution in [3.05, 3.63) is 102 Å². The van der Waals surface area contributed by atoms with Gasteiger partial charge in [-0.3, -0.25) is 4.79 Å². The van der Waals surface area contributed by atoms with E-state index >= 15 is 0 Å². The molecule has 0 aliphatic heterocycles. The summed E-state index contributed by atoms with van der Waals surface area (Å²) in [5.41, 5.74) is 6.39. The molecule has 1 N–H and O–H groups in total. The van der Waals surface area contributed by atoms with Gasteiger partial charge in [-0.15, -0.1) is 0 Å². The average molecular weight is 381 g/mol. The van der Waals surface area contributed by atoms with E-state index in [2.05, 4.69) is 52.0 Å². The highest BCUT2D eigenvalue weighted by Crippen LogP contribution is 2.19. The first-order valence-electron chi connectivity index (χ1n) is 9.74. The van der Waals surface area contributed by atoms with Crippen molar-refractivity contribution in [1.29, 1.82) is 0 Å². The molecule has 0 aliphatic carbocycles. The Morgan fingerprint density at radius 3 is 2.48 bits per heavy atom. The molecular formula is C25H23N3O. The molecule has 1 amide bonds. The van der Waals surface area contributed by atoms with Gasteiger partial charge in [0.25, 0.3) is 0 Å². The maximum Gasteiger partial charge on any atom is 0.244 e. The predicted molar refractivity (Wildman–Crippen MR) is 118 cm³/mol. The molecule has 0 radical (unpaired) electrons. The standard InChI is InChI=1S/C25H23N3O/c1-19-6-5-9-24-27-23(18-28(19)24)16-17-26-25(29)15-12-20-10-13-22(14-11-20)21-7-3-2-4-8-21/h2-15,18H,16-17H2,1H3,(H,26,29)/b15-12+. The number of benzene rings is 2. The smallest absolute Gasteiger partial charge is 0.244 e. The third-order valence-electron chi connectivity index (χ3n) is 4.87. The summed E-state index contributed by atoms with van der Waals surface area (Å²) in [4.78, 5) is 16.7. The summed E-state index contributed by atoms with van der Waals surface area (Å²) >= 11 is 0. The van der Waals surface area contributed by atoms with E-state index in [0.29, 0.717) is 13.0 Å². The fourth-order valence-corrected chi connectivity index (χ4v) is 3.28. The molecule has 0 aliphatic rings. The van der Waals surface area contributed by atoms with Crippen LogP contribution in [0.25, 0.3) is 22.9 Å². The van der Waals surface area contributed by atoms with Crippen LogP contribution in [0.2, 0.25) is 0 Å². The van der Waals surface area contributed by atoms with Gasteiger partial charge in [-0.1, -0.05) is 60.7 Å². The lowest BCUT2D eigenvalue weighted by molar-refractivity contribution is -0.116. The van der Waals surface area contributed by atoms with E-state index in [1.807, 2.05) is 54.7 Å². The van der Waals surface area contributed by atoms with Crippen LogP contribution in [0.15, 0.2) is 85.1 Å². The topological polar surface area (TPSA) is 46.4 Å². The zero-order chi connectivity index (χ0) is 20.1. The van der Waals surface area contributed by atoms with Crippen molar-refractivity contribution in [2.45, 2.75) is 13.3 Å². The minimum atomic E-state index is -0.0999. The average Bonchev–Trinajstić information content (AvgIpc) is 3.18. The molecule has 0 unspecified atom stereocenters. The lowest BCUT2D eigenvalue weighted by atomic mass is 10.0. The SMILES string of the molecule is Cc1cccc2nc(CCNC(=O)/C=C/c3ccc(-c4ccccc4)cc3)cn12. The molecule has 0 saturated heterocycles. The van der Waals surface area contributed by atoms with Crippen LogP contribution < -0.4 is 5.32 Å². The molecule has 0 spiro atoms. The highest BCUT2D eigenvalue weighted by molar-refractivity contribution is 5.91. The molecule has 29 heavy (non-hydrogen) atoms. The molecule has 4 nitrogen and oxygen atoms in total. The number of amides is 1. The van der Waals surface area contributed by atoms with Crippen molar-refractivity contribution in [3.63, 3.8) is 0 Å². The van der Waals surface area contributed by atoms with Crippen molar-refractivity contribution in [3.8, 4) is 11.1 Å². The van der Waals surface area contributed by atoms with Crippen molar-refractivity contribution >= 4 is 17.6 Å². The largest absolute Gasteiger partial charge is 0.352 e. The van der Waals surface area contributed by atoms with Crippen molar-refractivity contribution < 1.29 is 4.79 Å². The highest BCUT2D eigenvalue weighted by atomic mass is 16.1. The van der Waals surface area contributed by atoms with E-state index in [4.69, 9.17) is 0 Å². The summed E-state index contributed by atoms with van der Waals surface area (Å²) in [6.45, 7) is 2.61. The number of aryl methyl sites for hydroxylation is 1. The van der Waals surface area contributed by atoms with Gasteiger partial charge in [-0.25, -0.2) is 4.98 Å². The number of fused-ring (bicyclic) bond motifs is 1. The second-order valence-electron chi connectivity index (χ2n) is 6.99. The first-order valence-corrected chi connectivity index (χ1v) is 9.74. The van der Waals surface area contributed by atoms with E-state index in [-0.39, 0.29) is 5.91 Å². The lowest BCUT2D eigenvalue weighted by Crippen LogP contribution is -2.23. The van der Waals surface area contributed by atoms with Gasteiger partial charge in [-0.05, 0) is 41.8 Å². The van der Waals surface area contributed by atoms with Gasteiger partial charge in [-0.2, -0.15) is 0 Å². The van der Waals surface area contributed by atoms with Gasteiger partial charge < -0.3 is 9.72 Å². The molecule has 0 atom stereocenters. The number of rotatable bonds is 6. The number of imidazole rings is 1. The second-order valence-corrected chi connectivity index (χ2v) is 6.99. The molecule has 4 rings (SSSR count). The van der Waals surface area contributed by atoms with Gasteiger partial charge in [0.05, 0.1) is 5.69 Å². The quantitative estimate of drug-likeness (QED) is 0.493. The summed E-state index contributed by atoms with van der Waals surface area (Å²) < 4.78 is 2.07. The second kappa shape index (κ2) is 8.57. The van der Waals surface area contributed by atoms with Gasteiger partial charge in [0.2, 0.25) is 5.91 Å². The first-order chi connectivity index (χ1) is 14.2. The van der Waals surface area contributed by atoms with Crippen LogP contribution in [0.1, 0.15) is 17.0 Å². The van der Waals surface area contributed by atoms with Crippen molar-refractivity contribution in [2.24, 2.45) is 0 Å². The predicted octanol–water partition coefficient (Wildman–Crippen LogP) is 4.68. The van der Waals surface area contributed by atoms with Crippen LogP contribution in [0.3, 0.4) is 0 Å².